The van der Waals surface area contributed by atoms with Gasteiger partial charge in [-0.05, 0) is 46.3 Å². The molecule has 0 atom stereocenters. The highest BCUT2D eigenvalue weighted by Gasteiger charge is 2.10. The quantitative estimate of drug-likeness (QED) is 0.561. The van der Waals surface area contributed by atoms with Gasteiger partial charge in [0.15, 0.2) is 0 Å². The fourth-order valence-electron chi connectivity index (χ4n) is 3.18. The Bertz CT molecular complexity index is 1110. The van der Waals surface area contributed by atoms with Gasteiger partial charge in [0.05, 0.1) is 0 Å². The van der Waals surface area contributed by atoms with Gasteiger partial charge in [0.25, 0.3) is 5.91 Å². The molecule has 4 aromatic rings. The average molecular weight is 356 g/mol. The van der Waals surface area contributed by atoms with E-state index in [0.717, 1.165) is 27.5 Å². The number of hydrogen-bond donors (Lipinski definition) is 1. The molecule has 0 aliphatic rings. The molecule has 1 N–H and O–H groups in total. The van der Waals surface area contributed by atoms with Crippen molar-refractivity contribution in [3.05, 3.63) is 102 Å². The van der Waals surface area contributed by atoms with Crippen LogP contribution in [0.25, 0.3) is 21.9 Å². The van der Waals surface area contributed by atoms with E-state index < -0.39 is 5.82 Å². The molecule has 0 saturated heterocycles. The van der Waals surface area contributed by atoms with Crippen molar-refractivity contribution in [1.29, 1.82) is 0 Å². The van der Waals surface area contributed by atoms with Gasteiger partial charge in [-0.25, -0.2) is 4.39 Å². The molecule has 1 amide bonds. The van der Waals surface area contributed by atoms with E-state index in [-0.39, 0.29) is 5.91 Å². The normalized spacial score (nSPS) is 10.7. The van der Waals surface area contributed by atoms with Gasteiger partial charge < -0.3 is 5.32 Å². The average Bonchev–Trinajstić information content (AvgIpc) is 2.72. The highest BCUT2D eigenvalue weighted by Crippen LogP contribution is 2.30. The molecule has 0 unspecified atom stereocenters. The molecular weight excluding hydrogens is 339 g/mol. The summed E-state index contributed by atoms with van der Waals surface area (Å²) < 4.78 is 13.3. The van der Waals surface area contributed by atoms with Crippen molar-refractivity contribution < 1.29 is 9.18 Å². The molecular formula is C23H17FN2O. The highest BCUT2D eigenvalue weighted by atomic mass is 19.1. The van der Waals surface area contributed by atoms with E-state index >= 15 is 0 Å². The van der Waals surface area contributed by atoms with E-state index in [4.69, 9.17) is 0 Å². The van der Waals surface area contributed by atoms with Gasteiger partial charge in [-0.2, -0.15) is 0 Å². The van der Waals surface area contributed by atoms with Gasteiger partial charge in [-0.15, -0.1) is 0 Å². The Labute approximate surface area is 156 Å². The first-order valence-electron chi connectivity index (χ1n) is 8.67. The van der Waals surface area contributed by atoms with E-state index in [1.54, 1.807) is 12.3 Å². The predicted molar refractivity (Wildman–Crippen MR) is 105 cm³/mol. The van der Waals surface area contributed by atoms with Crippen LogP contribution in [0, 0.1) is 5.82 Å². The van der Waals surface area contributed by atoms with Gasteiger partial charge >= 0.3 is 0 Å². The molecule has 1 heterocycles. The third-order valence-electron chi connectivity index (χ3n) is 4.52. The number of carbonyl (C=O) groups excluding carboxylic acids is 1. The third-order valence-corrected chi connectivity index (χ3v) is 4.52. The van der Waals surface area contributed by atoms with Crippen LogP contribution in [0.2, 0.25) is 0 Å². The number of benzene rings is 3. The Morgan fingerprint density at radius 3 is 2.59 bits per heavy atom. The van der Waals surface area contributed by atoms with Gasteiger partial charge in [-0.3, -0.25) is 9.78 Å². The first kappa shape index (κ1) is 16.9. The minimum Gasteiger partial charge on any atom is -0.348 e. The van der Waals surface area contributed by atoms with Crippen LogP contribution in [-0.4, -0.2) is 10.9 Å². The van der Waals surface area contributed by atoms with Crippen LogP contribution in [0.15, 0.2) is 85.2 Å². The summed E-state index contributed by atoms with van der Waals surface area (Å²) in [5.74, 6) is -0.733. The molecule has 0 saturated carbocycles. The minimum absolute atomic E-state index is 0.304. The van der Waals surface area contributed by atoms with Gasteiger partial charge in [0, 0.05) is 29.9 Å². The van der Waals surface area contributed by atoms with E-state index in [1.165, 1.54) is 18.2 Å². The molecule has 0 aliphatic carbocycles. The summed E-state index contributed by atoms with van der Waals surface area (Å²) in [4.78, 5) is 16.5. The number of aromatic nitrogens is 1. The Hall–Kier alpha value is -3.53. The van der Waals surface area contributed by atoms with Gasteiger partial charge in [0.2, 0.25) is 0 Å². The number of pyridine rings is 1. The van der Waals surface area contributed by atoms with Crippen LogP contribution in [0.5, 0.6) is 0 Å². The number of halogens is 1. The van der Waals surface area contributed by atoms with Crippen molar-refractivity contribution in [3.63, 3.8) is 0 Å². The second kappa shape index (κ2) is 7.38. The lowest BCUT2D eigenvalue weighted by Gasteiger charge is -2.12. The molecule has 3 aromatic carbocycles. The smallest absolute Gasteiger partial charge is 0.251 e. The van der Waals surface area contributed by atoms with Crippen LogP contribution >= 0.6 is 0 Å². The van der Waals surface area contributed by atoms with Gasteiger partial charge in [0.1, 0.15) is 5.82 Å². The summed E-state index contributed by atoms with van der Waals surface area (Å²) >= 11 is 0. The number of nitrogens with zero attached hydrogens (tertiary/aromatic N) is 1. The van der Waals surface area contributed by atoms with Crippen LogP contribution in [-0.2, 0) is 6.54 Å². The molecule has 132 valence electrons. The lowest BCUT2D eigenvalue weighted by Crippen LogP contribution is -2.23. The fraction of sp³-hybridized carbons (Fsp3) is 0.0435. The standard InChI is InChI=1S/C23H17FN2O/c24-19-8-4-7-17(13-19)23(27)26-14-18-9-10-20(16-5-2-1-3-6-16)21-11-12-25-15-22(18)21/h1-13,15H,14H2,(H,26,27). The molecule has 0 radical (unpaired) electrons. The second-order valence-corrected chi connectivity index (χ2v) is 6.25. The lowest BCUT2D eigenvalue weighted by atomic mass is 9.96. The maximum Gasteiger partial charge on any atom is 0.251 e. The Balaban J connectivity index is 1.64. The van der Waals surface area contributed by atoms with E-state index in [1.807, 2.05) is 36.5 Å². The molecule has 1 aromatic heterocycles. The summed E-state index contributed by atoms with van der Waals surface area (Å²) in [6.07, 6.45) is 3.58. The summed E-state index contributed by atoms with van der Waals surface area (Å²) in [6.45, 7) is 0.340. The maximum absolute atomic E-state index is 13.3. The highest BCUT2D eigenvalue weighted by molar-refractivity contribution is 5.98. The zero-order valence-corrected chi connectivity index (χ0v) is 14.5. The SMILES string of the molecule is O=C(NCc1ccc(-c2ccccc2)c2ccncc12)c1cccc(F)c1. The minimum atomic E-state index is -0.426. The van der Waals surface area contributed by atoms with E-state index in [0.29, 0.717) is 12.1 Å². The summed E-state index contributed by atoms with van der Waals surface area (Å²) in [5.41, 5.74) is 3.51. The maximum atomic E-state index is 13.3. The first-order valence-corrected chi connectivity index (χ1v) is 8.67. The van der Waals surface area contributed by atoms with Crippen molar-refractivity contribution in [1.82, 2.24) is 10.3 Å². The Kier molecular flexibility index (Phi) is 4.62. The zero-order valence-electron chi connectivity index (χ0n) is 14.5. The van der Waals surface area contributed by atoms with Crippen molar-refractivity contribution in [3.8, 4) is 11.1 Å². The molecule has 27 heavy (non-hydrogen) atoms. The molecule has 3 nitrogen and oxygen atoms in total. The molecule has 4 heteroatoms. The lowest BCUT2D eigenvalue weighted by molar-refractivity contribution is 0.0950. The van der Waals surface area contributed by atoms with Crippen molar-refractivity contribution >= 4 is 16.7 Å². The summed E-state index contributed by atoms with van der Waals surface area (Å²) in [6, 6.07) is 21.9. The number of hydrogen-bond acceptors (Lipinski definition) is 2. The van der Waals surface area contributed by atoms with Crippen LogP contribution in [0.1, 0.15) is 15.9 Å². The van der Waals surface area contributed by atoms with Crippen molar-refractivity contribution in [2.75, 3.05) is 0 Å². The van der Waals surface area contributed by atoms with Crippen LogP contribution < -0.4 is 5.32 Å². The predicted octanol–water partition coefficient (Wildman–Crippen LogP) is 4.97. The van der Waals surface area contributed by atoms with Crippen molar-refractivity contribution in [2.45, 2.75) is 6.54 Å². The van der Waals surface area contributed by atoms with E-state index in [9.17, 15) is 9.18 Å². The molecule has 0 bridgehead atoms. The number of carbonyl (C=O) groups is 1. The van der Waals surface area contributed by atoms with Gasteiger partial charge in [-0.1, -0.05) is 48.5 Å². The second-order valence-electron chi connectivity index (χ2n) is 6.25. The third kappa shape index (κ3) is 3.55. The largest absolute Gasteiger partial charge is 0.348 e. The van der Waals surface area contributed by atoms with Crippen LogP contribution in [0.3, 0.4) is 0 Å². The topological polar surface area (TPSA) is 42.0 Å². The molecule has 4 rings (SSSR count). The van der Waals surface area contributed by atoms with Crippen molar-refractivity contribution in [2.24, 2.45) is 0 Å². The first-order chi connectivity index (χ1) is 13.2. The summed E-state index contributed by atoms with van der Waals surface area (Å²) in [7, 11) is 0. The Morgan fingerprint density at radius 1 is 0.926 bits per heavy atom. The number of nitrogens with one attached hydrogen (secondary N) is 1. The number of rotatable bonds is 4. The zero-order chi connectivity index (χ0) is 18.6. The molecule has 0 aliphatic heterocycles. The van der Waals surface area contributed by atoms with E-state index in [2.05, 4.69) is 28.5 Å². The fourth-order valence-corrected chi connectivity index (χ4v) is 3.18. The monoisotopic (exact) mass is 356 g/mol. The summed E-state index contributed by atoms with van der Waals surface area (Å²) in [5, 5.41) is 4.92. The number of fused-ring (bicyclic) bond motifs is 1. The Morgan fingerprint density at radius 2 is 1.78 bits per heavy atom. The van der Waals surface area contributed by atoms with Crippen LogP contribution in [0.4, 0.5) is 4.39 Å². The molecule has 0 fully saturated rings. The molecule has 0 spiro atoms. The number of amides is 1.